The third kappa shape index (κ3) is 1.92. The average molecular weight is 265 g/mol. The van der Waals surface area contributed by atoms with E-state index in [9.17, 15) is 25.3 Å². The fourth-order valence-corrected chi connectivity index (χ4v) is 7.42. The molecule has 0 atom stereocenters. The summed E-state index contributed by atoms with van der Waals surface area (Å²) in [5, 5.41) is 0. The molecule has 0 unspecified atom stereocenters. The average Bonchev–Trinajstić information content (AvgIpc) is 1.77. The summed E-state index contributed by atoms with van der Waals surface area (Å²) in [6.45, 7) is 0. The number of sulfone groups is 3. The topological polar surface area (TPSA) is 128 Å². The van der Waals surface area contributed by atoms with Crippen LogP contribution in [-0.4, -0.2) is 47.6 Å². The van der Waals surface area contributed by atoms with Gasteiger partial charge in [0, 0.05) is 18.8 Å². The van der Waals surface area contributed by atoms with Crippen LogP contribution in [0.1, 0.15) is 0 Å². The lowest BCUT2D eigenvalue weighted by molar-refractivity contribution is 0.558. The van der Waals surface area contributed by atoms with Crippen molar-refractivity contribution in [3.63, 3.8) is 0 Å². The molecular formula is C4H11NO6S3. The quantitative estimate of drug-likeness (QED) is 0.607. The van der Waals surface area contributed by atoms with Gasteiger partial charge in [0.2, 0.25) is 0 Å². The first-order valence-corrected chi connectivity index (χ1v) is 8.80. The summed E-state index contributed by atoms with van der Waals surface area (Å²) in [5.41, 5.74) is 4.97. The number of hydrogen-bond acceptors (Lipinski definition) is 7. The van der Waals surface area contributed by atoms with E-state index in [2.05, 4.69) is 0 Å². The van der Waals surface area contributed by atoms with E-state index in [4.69, 9.17) is 5.73 Å². The van der Waals surface area contributed by atoms with E-state index < -0.39 is 33.0 Å². The SMILES string of the molecule is CS(=O)(=O)C(N)(S(C)(=O)=O)S(C)(=O)=O. The van der Waals surface area contributed by atoms with Crippen LogP contribution in [-0.2, 0) is 29.5 Å². The van der Waals surface area contributed by atoms with Gasteiger partial charge in [-0.15, -0.1) is 0 Å². The Balaban J connectivity index is 6.41. The minimum Gasteiger partial charge on any atom is -0.287 e. The van der Waals surface area contributed by atoms with Crippen molar-refractivity contribution in [2.24, 2.45) is 5.73 Å². The first kappa shape index (κ1) is 13.8. The van der Waals surface area contributed by atoms with E-state index in [1.165, 1.54) is 0 Å². The fraction of sp³-hybridized carbons (Fsp3) is 1.00. The van der Waals surface area contributed by atoms with Crippen LogP contribution in [0, 0.1) is 0 Å². The van der Waals surface area contributed by atoms with Crippen LogP contribution in [0.15, 0.2) is 0 Å². The summed E-state index contributed by atoms with van der Waals surface area (Å²) in [6.07, 6.45) is 1.36. The standard InChI is InChI=1S/C4H11NO6S3/c1-12(6,7)4(5,13(2,8)9)14(3,10)11/h5H2,1-3H3. The highest BCUT2D eigenvalue weighted by atomic mass is 32.3. The molecule has 0 fully saturated rings. The van der Waals surface area contributed by atoms with Crippen LogP contribution >= 0.6 is 0 Å². The van der Waals surface area contributed by atoms with Gasteiger partial charge in [0.15, 0.2) is 29.5 Å². The van der Waals surface area contributed by atoms with E-state index >= 15 is 0 Å². The van der Waals surface area contributed by atoms with E-state index in [-0.39, 0.29) is 0 Å². The Morgan fingerprint density at radius 1 is 0.714 bits per heavy atom. The minimum atomic E-state index is -4.48. The fourth-order valence-electron chi connectivity index (χ4n) is 0.825. The summed E-state index contributed by atoms with van der Waals surface area (Å²) >= 11 is 0. The van der Waals surface area contributed by atoms with Crippen molar-refractivity contribution >= 4 is 29.5 Å². The molecule has 0 aromatic heterocycles. The zero-order valence-corrected chi connectivity index (χ0v) is 10.2. The monoisotopic (exact) mass is 265 g/mol. The second kappa shape index (κ2) is 3.15. The van der Waals surface area contributed by atoms with Gasteiger partial charge in [0.25, 0.3) is 0 Å². The lowest BCUT2D eigenvalue weighted by Crippen LogP contribution is -2.59. The minimum absolute atomic E-state index is 0.453. The highest BCUT2D eigenvalue weighted by molar-refractivity contribution is 8.25. The Labute approximate surface area is 83.1 Å². The molecule has 0 aromatic rings. The predicted octanol–water partition coefficient (Wildman–Crippen LogP) is -2.31. The molecule has 86 valence electrons. The molecule has 7 nitrogen and oxygen atoms in total. The zero-order chi connectivity index (χ0) is 12.0. The Morgan fingerprint density at radius 3 is 0.857 bits per heavy atom. The Hall–Kier alpha value is -0.190. The number of nitrogens with two attached hydrogens (primary N) is 1. The number of rotatable bonds is 3. The number of hydrogen-bond donors (Lipinski definition) is 1. The summed E-state index contributed by atoms with van der Waals surface area (Å²) in [6, 6.07) is 0. The summed E-state index contributed by atoms with van der Waals surface area (Å²) in [5.74, 6) is 0. The van der Waals surface area contributed by atoms with Gasteiger partial charge >= 0.3 is 3.54 Å². The first-order valence-electron chi connectivity index (χ1n) is 3.13. The van der Waals surface area contributed by atoms with E-state index in [1.54, 1.807) is 0 Å². The lowest BCUT2D eigenvalue weighted by atomic mass is 11.5. The first-order chi connectivity index (χ1) is 5.75. The zero-order valence-electron chi connectivity index (χ0n) is 7.75. The van der Waals surface area contributed by atoms with Crippen molar-refractivity contribution in [2.75, 3.05) is 18.8 Å². The second-order valence-corrected chi connectivity index (χ2v) is 10.3. The van der Waals surface area contributed by atoms with Crippen LogP contribution in [0.5, 0.6) is 0 Å². The van der Waals surface area contributed by atoms with Gasteiger partial charge in [-0.3, -0.25) is 5.73 Å². The molecule has 0 aromatic carbocycles. The molecule has 2 N–H and O–H groups in total. The third-order valence-corrected chi connectivity index (χ3v) is 10.1. The summed E-state index contributed by atoms with van der Waals surface area (Å²) in [4.78, 5) is 0. The van der Waals surface area contributed by atoms with Gasteiger partial charge in [0.05, 0.1) is 0 Å². The maximum absolute atomic E-state index is 11.1. The van der Waals surface area contributed by atoms with Crippen LogP contribution in [0.4, 0.5) is 0 Å². The van der Waals surface area contributed by atoms with Gasteiger partial charge in [-0.2, -0.15) is 0 Å². The largest absolute Gasteiger partial charge is 0.320 e. The van der Waals surface area contributed by atoms with Crippen molar-refractivity contribution < 1.29 is 25.3 Å². The molecule has 0 aliphatic rings. The van der Waals surface area contributed by atoms with E-state index in [0.717, 1.165) is 0 Å². The molecule has 0 rings (SSSR count). The third-order valence-electron chi connectivity index (χ3n) is 1.55. The normalized spacial score (nSPS) is 15.4. The van der Waals surface area contributed by atoms with Gasteiger partial charge in [-0.1, -0.05) is 0 Å². The molecule has 14 heavy (non-hydrogen) atoms. The highest BCUT2D eigenvalue weighted by Crippen LogP contribution is 2.23. The second-order valence-electron chi connectivity index (χ2n) is 2.92. The van der Waals surface area contributed by atoms with Crippen LogP contribution < -0.4 is 5.73 Å². The van der Waals surface area contributed by atoms with Gasteiger partial charge in [-0.25, -0.2) is 25.3 Å². The predicted molar refractivity (Wildman–Crippen MR) is 51.4 cm³/mol. The molecule has 0 aliphatic carbocycles. The van der Waals surface area contributed by atoms with Crippen LogP contribution in [0.2, 0.25) is 0 Å². The Kier molecular flexibility index (Phi) is 3.11. The van der Waals surface area contributed by atoms with Crippen LogP contribution in [0.25, 0.3) is 0 Å². The molecule has 10 heteroatoms. The molecule has 0 heterocycles. The Morgan fingerprint density at radius 2 is 0.857 bits per heavy atom. The van der Waals surface area contributed by atoms with Crippen molar-refractivity contribution in [1.82, 2.24) is 0 Å². The maximum atomic E-state index is 11.1. The molecule has 0 aliphatic heterocycles. The molecule has 0 saturated carbocycles. The van der Waals surface area contributed by atoms with Crippen molar-refractivity contribution in [3.05, 3.63) is 0 Å². The maximum Gasteiger partial charge on any atom is 0.320 e. The molecule has 0 radical (unpaired) electrons. The highest BCUT2D eigenvalue weighted by Gasteiger charge is 2.56. The molecule has 0 amide bonds. The Bertz CT molecular complexity index is 445. The molecule has 0 saturated heterocycles. The summed E-state index contributed by atoms with van der Waals surface area (Å²) < 4.78 is 63.1. The van der Waals surface area contributed by atoms with Gasteiger partial charge in [-0.05, 0) is 0 Å². The van der Waals surface area contributed by atoms with Crippen molar-refractivity contribution in [1.29, 1.82) is 0 Å². The van der Waals surface area contributed by atoms with Crippen molar-refractivity contribution in [3.8, 4) is 0 Å². The van der Waals surface area contributed by atoms with Gasteiger partial charge in [0.1, 0.15) is 0 Å². The molecule has 0 bridgehead atoms. The summed E-state index contributed by atoms with van der Waals surface area (Å²) in [7, 11) is -13.4. The van der Waals surface area contributed by atoms with Crippen LogP contribution in [0.3, 0.4) is 0 Å². The smallest absolute Gasteiger partial charge is 0.287 e. The molecule has 0 spiro atoms. The van der Waals surface area contributed by atoms with Gasteiger partial charge < -0.3 is 0 Å². The van der Waals surface area contributed by atoms with Crippen molar-refractivity contribution in [2.45, 2.75) is 3.54 Å². The molecular weight excluding hydrogens is 254 g/mol. The lowest BCUT2D eigenvalue weighted by Gasteiger charge is -2.22. The van der Waals surface area contributed by atoms with E-state index in [0.29, 0.717) is 18.8 Å². The van der Waals surface area contributed by atoms with E-state index in [1.807, 2.05) is 0 Å².